The Kier molecular flexibility index (Phi) is 3.70. The number of nitrogens with one attached hydrogen (secondary N) is 1. The Labute approximate surface area is 125 Å². The number of carbonyl (C=O) groups excluding carboxylic acids is 2. The lowest BCUT2D eigenvalue weighted by atomic mass is 9.88. The summed E-state index contributed by atoms with van der Waals surface area (Å²) in [6.45, 7) is 0. The molecule has 2 atom stereocenters. The van der Waals surface area contributed by atoms with Gasteiger partial charge in [-0.05, 0) is 31.0 Å². The summed E-state index contributed by atoms with van der Waals surface area (Å²) < 4.78 is 0.970. The van der Waals surface area contributed by atoms with Gasteiger partial charge in [-0.15, -0.1) is 11.3 Å². The van der Waals surface area contributed by atoms with Crippen LogP contribution in [0.4, 0.5) is 0 Å². The lowest BCUT2D eigenvalue weighted by Gasteiger charge is -2.26. The fourth-order valence-electron chi connectivity index (χ4n) is 2.54. The number of carbonyl (C=O) groups is 2. The third-order valence-corrected chi connectivity index (χ3v) is 4.50. The minimum Gasteiger partial charge on any atom is -0.369 e. The highest BCUT2D eigenvalue weighted by molar-refractivity contribution is 7.16. The highest BCUT2D eigenvalue weighted by atomic mass is 32.1. The molecule has 1 aliphatic carbocycles. The number of hydrogen-bond acceptors (Lipinski definition) is 4. The van der Waals surface area contributed by atoms with E-state index < -0.39 is 0 Å². The zero-order chi connectivity index (χ0) is 14.8. The van der Waals surface area contributed by atoms with Crippen LogP contribution < -0.4 is 11.1 Å². The van der Waals surface area contributed by atoms with Crippen LogP contribution in [0.5, 0.6) is 0 Å². The number of benzene rings is 1. The van der Waals surface area contributed by atoms with Gasteiger partial charge in [0.15, 0.2) is 0 Å². The summed E-state index contributed by atoms with van der Waals surface area (Å²) in [5.41, 5.74) is 8.61. The summed E-state index contributed by atoms with van der Waals surface area (Å²) in [4.78, 5) is 28.0. The first-order chi connectivity index (χ1) is 10.1. The molecule has 0 spiro atoms. The predicted octanol–water partition coefficient (Wildman–Crippen LogP) is 1.85. The molecule has 0 bridgehead atoms. The number of hydrogen-bond donors (Lipinski definition) is 2. The van der Waals surface area contributed by atoms with Gasteiger partial charge in [-0.3, -0.25) is 9.59 Å². The van der Waals surface area contributed by atoms with Gasteiger partial charge >= 0.3 is 0 Å². The Morgan fingerprint density at radius 3 is 2.90 bits per heavy atom. The number of nitrogens with two attached hydrogens (primary N) is 1. The molecule has 5 nitrogen and oxygen atoms in total. The van der Waals surface area contributed by atoms with Crippen molar-refractivity contribution >= 4 is 33.4 Å². The molecule has 0 saturated heterocycles. The van der Waals surface area contributed by atoms with Crippen LogP contribution >= 0.6 is 11.3 Å². The lowest BCUT2D eigenvalue weighted by molar-refractivity contribution is -0.122. The predicted molar refractivity (Wildman–Crippen MR) is 81.9 cm³/mol. The van der Waals surface area contributed by atoms with E-state index >= 15 is 0 Å². The SMILES string of the molecule is NC(=O)C1CC=CCC1NC(=O)c1ccc2ncsc2c1. The van der Waals surface area contributed by atoms with E-state index in [1.807, 2.05) is 24.3 Å². The zero-order valence-electron chi connectivity index (χ0n) is 11.3. The van der Waals surface area contributed by atoms with Crippen molar-refractivity contribution in [3.8, 4) is 0 Å². The molecule has 0 radical (unpaired) electrons. The maximum Gasteiger partial charge on any atom is 0.251 e. The van der Waals surface area contributed by atoms with E-state index in [1.54, 1.807) is 11.6 Å². The van der Waals surface area contributed by atoms with E-state index in [2.05, 4.69) is 10.3 Å². The van der Waals surface area contributed by atoms with Gasteiger partial charge in [-0.2, -0.15) is 0 Å². The van der Waals surface area contributed by atoms with E-state index in [0.29, 0.717) is 18.4 Å². The van der Waals surface area contributed by atoms with Gasteiger partial charge in [0.05, 0.1) is 21.6 Å². The summed E-state index contributed by atoms with van der Waals surface area (Å²) in [6.07, 6.45) is 5.11. The summed E-state index contributed by atoms with van der Waals surface area (Å²) in [7, 11) is 0. The monoisotopic (exact) mass is 301 g/mol. The average Bonchev–Trinajstić information content (AvgIpc) is 2.94. The van der Waals surface area contributed by atoms with Crippen molar-refractivity contribution in [3.63, 3.8) is 0 Å². The molecule has 3 N–H and O–H groups in total. The summed E-state index contributed by atoms with van der Waals surface area (Å²) in [6, 6.07) is 5.15. The molecular formula is C15H15N3O2S. The van der Waals surface area contributed by atoms with E-state index in [9.17, 15) is 9.59 Å². The van der Waals surface area contributed by atoms with Crippen LogP contribution in [-0.4, -0.2) is 22.8 Å². The van der Waals surface area contributed by atoms with Gasteiger partial charge in [0.25, 0.3) is 5.91 Å². The van der Waals surface area contributed by atoms with E-state index in [0.717, 1.165) is 10.2 Å². The molecule has 108 valence electrons. The van der Waals surface area contributed by atoms with Gasteiger partial charge < -0.3 is 11.1 Å². The number of allylic oxidation sites excluding steroid dienone is 1. The fraction of sp³-hybridized carbons (Fsp3) is 0.267. The first kappa shape index (κ1) is 13.8. The normalized spacial score (nSPS) is 21.3. The Hall–Kier alpha value is -2.21. The number of rotatable bonds is 3. The van der Waals surface area contributed by atoms with Gasteiger partial charge in [0.1, 0.15) is 0 Å². The third kappa shape index (κ3) is 2.80. The molecule has 2 amide bonds. The maximum absolute atomic E-state index is 12.3. The molecule has 1 aromatic heterocycles. The molecule has 2 unspecified atom stereocenters. The maximum atomic E-state index is 12.3. The van der Waals surface area contributed by atoms with E-state index in [1.165, 1.54) is 11.3 Å². The van der Waals surface area contributed by atoms with E-state index in [4.69, 9.17) is 5.73 Å². The summed E-state index contributed by atoms with van der Waals surface area (Å²) in [5.74, 6) is -0.898. The van der Waals surface area contributed by atoms with Crippen LogP contribution in [0.2, 0.25) is 0 Å². The molecule has 0 fully saturated rings. The average molecular weight is 301 g/mol. The van der Waals surface area contributed by atoms with Gasteiger partial charge in [0.2, 0.25) is 5.91 Å². The van der Waals surface area contributed by atoms with Crippen LogP contribution in [0.15, 0.2) is 35.9 Å². The van der Waals surface area contributed by atoms with Gasteiger partial charge in [-0.25, -0.2) is 4.98 Å². The molecule has 1 aromatic carbocycles. The van der Waals surface area contributed by atoms with E-state index in [-0.39, 0.29) is 23.8 Å². The minimum absolute atomic E-state index is 0.183. The van der Waals surface area contributed by atoms with Crippen molar-refractivity contribution in [3.05, 3.63) is 41.4 Å². The molecule has 3 rings (SSSR count). The van der Waals surface area contributed by atoms with Gasteiger partial charge in [0, 0.05) is 11.6 Å². The molecule has 6 heteroatoms. The minimum atomic E-state index is -0.373. The molecule has 0 aliphatic heterocycles. The van der Waals surface area contributed by atoms with Gasteiger partial charge in [-0.1, -0.05) is 12.2 Å². The number of fused-ring (bicyclic) bond motifs is 1. The van der Waals surface area contributed by atoms with Crippen LogP contribution in [0.3, 0.4) is 0 Å². The molecule has 2 aromatic rings. The Morgan fingerprint density at radius 1 is 1.29 bits per heavy atom. The van der Waals surface area contributed by atoms with Crippen molar-refractivity contribution in [2.45, 2.75) is 18.9 Å². The first-order valence-electron chi connectivity index (χ1n) is 6.73. The number of nitrogens with zero attached hydrogens (tertiary/aromatic N) is 1. The van der Waals surface area contributed by atoms with Crippen molar-refractivity contribution in [2.75, 3.05) is 0 Å². The molecule has 0 saturated carbocycles. The number of aromatic nitrogens is 1. The third-order valence-electron chi connectivity index (χ3n) is 3.71. The number of primary amides is 1. The second kappa shape index (κ2) is 5.65. The van der Waals surface area contributed by atoms with Crippen LogP contribution in [0, 0.1) is 5.92 Å². The Balaban J connectivity index is 1.78. The summed E-state index contributed by atoms with van der Waals surface area (Å²) in [5, 5.41) is 2.92. The van der Waals surface area contributed by atoms with Crippen molar-refractivity contribution in [1.82, 2.24) is 10.3 Å². The highest BCUT2D eigenvalue weighted by Gasteiger charge is 2.28. The quantitative estimate of drug-likeness (QED) is 0.848. The van der Waals surface area contributed by atoms with Crippen LogP contribution in [0.25, 0.3) is 10.2 Å². The molecule has 21 heavy (non-hydrogen) atoms. The lowest BCUT2D eigenvalue weighted by Crippen LogP contribution is -2.46. The van der Waals surface area contributed by atoms with Crippen molar-refractivity contribution in [1.29, 1.82) is 0 Å². The summed E-state index contributed by atoms with van der Waals surface area (Å²) >= 11 is 1.49. The Bertz CT molecular complexity index is 723. The molecular weight excluding hydrogens is 286 g/mol. The van der Waals surface area contributed by atoms with Crippen LogP contribution in [0.1, 0.15) is 23.2 Å². The Morgan fingerprint density at radius 2 is 2.10 bits per heavy atom. The first-order valence-corrected chi connectivity index (χ1v) is 7.61. The topological polar surface area (TPSA) is 85.1 Å². The second-order valence-electron chi connectivity index (χ2n) is 5.07. The number of thiazole rings is 1. The zero-order valence-corrected chi connectivity index (χ0v) is 12.1. The highest BCUT2D eigenvalue weighted by Crippen LogP contribution is 2.21. The number of amides is 2. The largest absolute Gasteiger partial charge is 0.369 e. The fourth-order valence-corrected chi connectivity index (χ4v) is 3.25. The molecule has 1 heterocycles. The standard InChI is InChI=1S/C15H15N3O2S/c16-14(19)10-3-1-2-4-11(10)18-15(20)9-5-6-12-13(7-9)21-8-17-12/h1-2,5-8,10-11H,3-4H2,(H2,16,19)(H,18,20). The second-order valence-corrected chi connectivity index (χ2v) is 5.95. The van der Waals surface area contributed by atoms with Crippen molar-refractivity contribution in [2.24, 2.45) is 11.7 Å². The smallest absolute Gasteiger partial charge is 0.251 e. The van der Waals surface area contributed by atoms with Crippen LogP contribution in [-0.2, 0) is 4.79 Å². The van der Waals surface area contributed by atoms with Crippen molar-refractivity contribution < 1.29 is 9.59 Å². The molecule has 1 aliphatic rings.